The van der Waals surface area contributed by atoms with Gasteiger partial charge in [-0.15, -0.1) is 4.18 Å². The van der Waals surface area contributed by atoms with E-state index in [1.807, 2.05) is 0 Å². The third-order valence-electron chi connectivity index (χ3n) is 2.64. The van der Waals surface area contributed by atoms with E-state index in [-0.39, 0.29) is 18.0 Å². The summed E-state index contributed by atoms with van der Waals surface area (Å²) in [5.74, 6) is -0.271. The summed E-state index contributed by atoms with van der Waals surface area (Å²) in [6, 6.07) is -0.566. The summed E-state index contributed by atoms with van der Waals surface area (Å²) < 4.78 is 5.27. The van der Waals surface area contributed by atoms with Gasteiger partial charge in [0.05, 0.1) is 6.61 Å². The molecular formula is C8H14NO5S+. The van der Waals surface area contributed by atoms with E-state index in [2.05, 4.69) is 5.32 Å². The zero-order chi connectivity index (χ0) is 11.2. The van der Waals surface area contributed by atoms with Gasteiger partial charge in [-0.3, -0.25) is 4.79 Å². The fourth-order valence-electron chi connectivity index (χ4n) is 1.84. The van der Waals surface area contributed by atoms with E-state index >= 15 is 0 Å². The first-order valence-corrected chi connectivity index (χ1v) is 5.97. The van der Waals surface area contributed by atoms with Crippen LogP contribution < -0.4 is 5.32 Å². The lowest BCUT2D eigenvalue weighted by molar-refractivity contribution is -0.121. The Kier molecular flexibility index (Phi) is 2.91. The molecule has 4 N–H and O–H groups in total. The second-order valence-corrected chi connectivity index (χ2v) is 5.64. The van der Waals surface area contributed by atoms with Gasteiger partial charge in [-0.1, -0.05) is 0 Å². The number of carbonyl (C=O) groups excluding carboxylic acids is 1. The predicted molar refractivity (Wildman–Crippen MR) is 52.7 cm³/mol. The molecular weight excluding hydrogens is 222 g/mol. The van der Waals surface area contributed by atoms with Crippen LogP contribution in [-0.2, 0) is 20.2 Å². The summed E-state index contributed by atoms with van der Waals surface area (Å²) in [6.07, 6.45) is -2.13. The highest BCUT2D eigenvalue weighted by atomic mass is 32.2. The number of hydrogen-bond acceptors (Lipinski definition) is 5. The highest BCUT2D eigenvalue weighted by Gasteiger charge is 2.72. The number of hydrogen-bond donors (Lipinski definition) is 4. The molecule has 0 saturated carbocycles. The van der Waals surface area contributed by atoms with Gasteiger partial charge in [0.1, 0.15) is 18.2 Å². The van der Waals surface area contributed by atoms with Gasteiger partial charge < -0.3 is 20.6 Å². The van der Waals surface area contributed by atoms with Crippen LogP contribution in [0.25, 0.3) is 0 Å². The minimum atomic E-state index is -1.08. The van der Waals surface area contributed by atoms with Gasteiger partial charge in [-0.05, 0) is 0 Å². The number of fused-ring (bicyclic) bond motifs is 1. The molecule has 2 fully saturated rings. The van der Waals surface area contributed by atoms with Crippen LogP contribution in [0.15, 0.2) is 0 Å². The van der Waals surface area contributed by atoms with Gasteiger partial charge in [0.25, 0.3) is 0 Å². The summed E-state index contributed by atoms with van der Waals surface area (Å²) in [5.41, 5.74) is -0.260. The first-order chi connectivity index (χ1) is 7.06. The molecule has 1 amide bonds. The summed E-state index contributed by atoms with van der Waals surface area (Å²) in [6.45, 7) is 1.13. The minimum Gasteiger partial charge on any atom is -0.391 e. The molecule has 1 unspecified atom stereocenters. The van der Waals surface area contributed by atoms with Crippen molar-refractivity contribution >= 4 is 17.1 Å². The first-order valence-electron chi connectivity index (χ1n) is 4.69. The molecule has 6 atom stereocenters. The minimum absolute atomic E-state index is 0.218. The van der Waals surface area contributed by atoms with Gasteiger partial charge in [-0.2, -0.15) is 0 Å². The summed E-state index contributed by atoms with van der Waals surface area (Å²) in [5, 5.41) is 30.5. The van der Waals surface area contributed by atoms with Crippen molar-refractivity contribution in [2.75, 3.05) is 6.61 Å². The Morgan fingerprint density at radius 2 is 2.13 bits per heavy atom. The molecule has 2 aliphatic heterocycles. The number of rotatable bonds is 2. The molecule has 0 aromatic carbocycles. The maximum Gasteiger partial charge on any atom is 0.322 e. The van der Waals surface area contributed by atoms with E-state index in [4.69, 9.17) is 9.29 Å². The van der Waals surface area contributed by atoms with Gasteiger partial charge >= 0.3 is 5.44 Å². The Labute approximate surface area is 89.8 Å². The van der Waals surface area contributed by atoms with Crippen LogP contribution >= 0.6 is 0 Å². The molecule has 0 aliphatic carbocycles. The monoisotopic (exact) mass is 236 g/mol. The Morgan fingerprint density at radius 1 is 1.47 bits per heavy atom. The standard InChI is InChI=1S/C8H13NO5S/c1-3(11)9-5-7(13)6(12)4(2-10)15-8(5)14-15/h4-8,10,12-13H,2H2,1H3/p+1/t4-,5-,6-,7-,8-,15?/m1/s1. The van der Waals surface area contributed by atoms with Crippen molar-refractivity contribution in [3.05, 3.63) is 0 Å². The maximum absolute atomic E-state index is 10.9. The van der Waals surface area contributed by atoms with E-state index in [9.17, 15) is 15.0 Å². The molecule has 0 bridgehead atoms. The van der Waals surface area contributed by atoms with Crippen molar-refractivity contribution in [1.29, 1.82) is 0 Å². The van der Waals surface area contributed by atoms with Crippen molar-refractivity contribution in [1.82, 2.24) is 5.32 Å². The van der Waals surface area contributed by atoms with Crippen molar-refractivity contribution < 1.29 is 24.3 Å². The summed E-state index contributed by atoms with van der Waals surface area (Å²) in [7, 11) is 0. The van der Waals surface area contributed by atoms with Gasteiger partial charge in [0.2, 0.25) is 22.3 Å². The third-order valence-corrected chi connectivity index (χ3v) is 4.75. The van der Waals surface area contributed by atoms with E-state index in [1.165, 1.54) is 6.92 Å². The zero-order valence-corrected chi connectivity index (χ0v) is 8.98. The number of amides is 1. The lowest BCUT2D eigenvalue weighted by Crippen LogP contribution is -2.59. The second kappa shape index (κ2) is 3.91. The number of carbonyl (C=O) groups is 1. The highest BCUT2D eigenvalue weighted by Crippen LogP contribution is 2.42. The van der Waals surface area contributed by atoms with Gasteiger partial charge in [0, 0.05) is 6.92 Å². The molecule has 0 aromatic heterocycles. The average Bonchev–Trinajstić information content (AvgIpc) is 2.92. The fourth-order valence-corrected chi connectivity index (χ4v) is 3.85. The van der Waals surface area contributed by atoms with Crippen molar-refractivity contribution in [2.45, 2.75) is 35.9 Å². The Morgan fingerprint density at radius 3 is 2.67 bits per heavy atom. The van der Waals surface area contributed by atoms with Crippen molar-refractivity contribution in [3.8, 4) is 0 Å². The largest absolute Gasteiger partial charge is 0.391 e. The number of nitrogens with one attached hydrogen (secondary N) is 1. The van der Waals surface area contributed by atoms with Crippen LogP contribution in [-0.4, -0.2) is 56.8 Å². The Bertz CT molecular complexity index is 276. The third kappa shape index (κ3) is 1.85. The smallest absolute Gasteiger partial charge is 0.322 e. The molecule has 2 heterocycles. The maximum atomic E-state index is 10.9. The predicted octanol–water partition coefficient (Wildman–Crippen LogP) is -2.52. The van der Waals surface area contributed by atoms with Crippen LogP contribution in [0.5, 0.6) is 0 Å². The molecule has 6 nitrogen and oxygen atoms in total. The van der Waals surface area contributed by atoms with Crippen LogP contribution in [0, 0.1) is 0 Å². The molecule has 15 heavy (non-hydrogen) atoms. The molecule has 2 saturated heterocycles. The molecule has 2 aliphatic rings. The SMILES string of the molecule is CC(=O)N[C@@H]1[C@@H](O)[C@H](O)[C@@H](CO)[S+]2O[C@@H]12. The van der Waals surface area contributed by atoms with Crippen LogP contribution in [0.4, 0.5) is 0 Å². The first kappa shape index (κ1) is 11.2. The van der Waals surface area contributed by atoms with Crippen molar-refractivity contribution in [3.63, 3.8) is 0 Å². The quantitative estimate of drug-likeness (QED) is 0.313. The Hall–Kier alpha value is -0.340. The van der Waals surface area contributed by atoms with Crippen LogP contribution in [0.2, 0.25) is 0 Å². The van der Waals surface area contributed by atoms with Crippen molar-refractivity contribution in [2.24, 2.45) is 0 Å². The van der Waals surface area contributed by atoms with E-state index in [0.29, 0.717) is 0 Å². The van der Waals surface area contributed by atoms with E-state index in [1.54, 1.807) is 0 Å². The zero-order valence-electron chi connectivity index (χ0n) is 8.16. The Balaban J connectivity index is 2.08. The summed E-state index contributed by atoms with van der Waals surface area (Å²) in [4.78, 5) is 10.9. The molecule has 2 rings (SSSR count). The van der Waals surface area contributed by atoms with E-state index < -0.39 is 34.7 Å². The molecule has 86 valence electrons. The normalized spacial score (nSPS) is 48.3. The topological polar surface area (TPSA) is 102 Å². The number of aliphatic hydroxyl groups excluding tert-OH is 3. The molecule has 0 spiro atoms. The fraction of sp³-hybridized carbons (Fsp3) is 0.875. The average molecular weight is 236 g/mol. The highest BCUT2D eigenvalue weighted by molar-refractivity contribution is 7.98. The van der Waals surface area contributed by atoms with Crippen LogP contribution in [0.3, 0.4) is 0 Å². The second-order valence-electron chi connectivity index (χ2n) is 3.72. The molecule has 0 radical (unpaired) electrons. The van der Waals surface area contributed by atoms with Gasteiger partial charge in [0.15, 0.2) is 0 Å². The van der Waals surface area contributed by atoms with Gasteiger partial charge in [-0.25, -0.2) is 0 Å². The lowest BCUT2D eigenvalue weighted by Gasteiger charge is -2.27. The van der Waals surface area contributed by atoms with Crippen LogP contribution in [0.1, 0.15) is 6.92 Å². The number of aliphatic hydroxyl groups is 3. The molecule has 0 aromatic rings. The lowest BCUT2D eigenvalue weighted by atomic mass is 10.0. The molecule has 7 heteroatoms. The van der Waals surface area contributed by atoms with E-state index in [0.717, 1.165) is 0 Å². The summed E-state index contributed by atoms with van der Waals surface area (Å²) >= 11 is -0.533.